The molecule has 0 aliphatic carbocycles. The van der Waals surface area contributed by atoms with Gasteiger partial charge in [-0.05, 0) is 38.2 Å². The van der Waals surface area contributed by atoms with Crippen LogP contribution in [0.4, 0.5) is 0 Å². The van der Waals surface area contributed by atoms with Gasteiger partial charge in [0.25, 0.3) is 5.91 Å². The summed E-state index contributed by atoms with van der Waals surface area (Å²) < 4.78 is 6.99. The van der Waals surface area contributed by atoms with Gasteiger partial charge < -0.3 is 9.64 Å². The maximum absolute atomic E-state index is 13.1. The van der Waals surface area contributed by atoms with Crippen LogP contribution in [0.1, 0.15) is 30.3 Å². The maximum Gasteiger partial charge on any atom is 0.309 e. The third-order valence-electron chi connectivity index (χ3n) is 4.55. The number of rotatable bonds is 5. The lowest BCUT2D eigenvalue weighted by molar-refractivity contribution is -0.149. The minimum atomic E-state index is -0.154. The summed E-state index contributed by atoms with van der Waals surface area (Å²) in [4.78, 5) is 31.1. The first-order valence-corrected chi connectivity index (χ1v) is 10.0. The zero-order valence-electron chi connectivity index (χ0n) is 15.1. The molecule has 1 aromatic carbocycles. The Kier molecular flexibility index (Phi) is 5.98. The predicted molar refractivity (Wildman–Crippen MR) is 101 cm³/mol. The number of ether oxygens (including phenoxy) is 1. The van der Waals surface area contributed by atoms with Gasteiger partial charge in [-0.2, -0.15) is 0 Å². The first-order valence-electron chi connectivity index (χ1n) is 8.78. The number of amides is 1. The number of esters is 1. The van der Waals surface area contributed by atoms with Gasteiger partial charge in [0.15, 0.2) is 5.16 Å². The third kappa shape index (κ3) is 3.77. The summed E-state index contributed by atoms with van der Waals surface area (Å²) in [5.74, 6) is -0.317. The summed E-state index contributed by atoms with van der Waals surface area (Å²) in [6.07, 6.45) is 4.86. The van der Waals surface area contributed by atoms with Crippen molar-refractivity contribution < 1.29 is 14.3 Å². The number of piperidine rings is 1. The zero-order chi connectivity index (χ0) is 18.5. The topological polar surface area (TPSA) is 64.4 Å². The van der Waals surface area contributed by atoms with E-state index in [9.17, 15) is 9.59 Å². The Morgan fingerprint density at radius 3 is 2.54 bits per heavy atom. The summed E-state index contributed by atoms with van der Waals surface area (Å²) >= 11 is 1.50. The molecule has 2 heterocycles. The molecule has 6 nitrogen and oxygen atoms in total. The van der Waals surface area contributed by atoms with Gasteiger partial charge in [-0.3, -0.25) is 14.2 Å². The lowest BCUT2D eigenvalue weighted by Crippen LogP contribution is -2.41. The van der Waals surface area contributed by atoms with Crippen LogP contribution in [-0.2, 0) is 9.53 Å². The average Bonchev–Trinajstić information content (AvgIpc) is 3.12. The van der Waals surface area contributed by atoms with E-state index in [0.717, 1.165) is 10.8 Å². The molecule has 1 amide bonds. The number of para-hydroxylation sites is 1. The second-order valence-electron chi connectivity index (χ2n) is 6.12. The predicted octanol–water partition coefficient (Wildman–Crippen LogP) is 3.01. The van der Waals surface area contributed by atoms with Crippen LogP contribution in [0.25, 0.3) is 5.69 Å². The van der Waals surface area contributed by atoms with Crippen LogP contribution in [0.15, 0.2) is 41.7 Å². The molecule has 7 heteroatoms. The second kappa shape index (κ2) is 8.40. The normalized spacial score (nSPS) is 15.1. The van der Waals surface area contributed by atoms with E-state index in [2.05, 4.69) is 4.98 Å². The van der Waals surface area contributed by atoms with Gasteiger partial charge in [-0.25, -0.2) is 4.98 Å². The van der Waals surface area contributed by atoms with Gasteiger partial charge in [0.2, 0.25) is 0 Å². The highest BCUT2D eigenvalue weighted by atomic mass is 32.2. The monoisotopic (exact) mass is 373 g/mol. The highest BCUT2D eigenvalue weighted by molar-refractivity contribution is 7.98. The molecule has 138 valence electrons. The number of hydrogen-bond donors (Lipinski definition) is 0. The fraction of sp³-hybridized carbons (Fsp3) is 0.421. The van der Waals surface area contributed by atoms with Crippen LogP contribution in [0, 0.1) is 5.92 Å². The number of benzene rings is 1. The molecule has 0 saturated carbocycles. The Morgan fingerprint density at radius 2 is 1.92 bits per heavy atom. The fourth-order valence-corrected chi connectivity index (χ4v) is 3.74. The summed E-state index contributed by atoms with van der Waals surface area (Å²) in [5, 5.41) is 0.779. The van der Waals surface area contributed by atoms with Crippen molar-refractivity contribution in [1.29, 1.82) is 0 Å². The number of hydrogen-bond acceptors (Lipinski definition) is 5. The molecule has 0 N–H and O–H groups in total. The van der Waals surface area contributed by atoms with E-state index in [1.165, 1.54) is 11.8 Å². The summed E-state index contributed by atoms with van der Waals surface area (Å²) in [6.45, 7) is 3.31. The Labute approximate surface area is 157 Å². The SMILES string of the molecule is CCOC(=O)C1CCN(C(=O)c2cnc(SC)n2-c2ccccc2)CC1. The molecule has 1 aromatic heterocycles. The summed E-state index contributed by atoms with van der Waals surface area (Å²) in [6, 6.07) is 9.76. The van der Waals surface area contributed by atoms with Gasteiger partial charge in [-0.15, -0.1) is 0 Å². The van der Waals surface area contributed by atoms with Crippen LogP contribution in [0.5, 0.6) is 0 Å². The van der Waals surface area contributed by atoms with E-state index < -0.39 is 0 Å². The van der Waals surface area contributed by atoms with E-state index in [1.54, 1.807) is 11.1 Å². The van der Waals surface area contributed by atoms with E-state index in [0.29, 0.717) is 38.2 Å². The Balaban J connectivity index is 1.77. The molecule has 1 aliphatic rings. The zero-order valence-corrected chi connectivity index (χ0v) is 15.9. The van der Waals surface area contributed by atoms with Gasteiger partial charge >= 0.3 is 5.97 Å². The Bertz CT molecular complexity index is 768. The van der Waals surface area contributed by atoms with E-state index >= 15 is 0 Å². The molecule has 1 saturated heterocycles. The van der Waals surface area contributed by atoms with Crippen LogP contribution < -0.4 is 0 Å². The molecule has 0 radical (unpaired) electrons. The highest BCUT2D eigenvalue weighted by Crippen LogP contribution is 2.25. The number of carbonyl (C=O) groups is 2. The first-order chi connectivity index (χ1) is 12.7. The molecular formula is C19H23N3O3S. The second-order valence-corrected chi connectivity index (χ2v) is 6.89. The average molecular weight is 373 g/mol. The van der Waals surface area contributed by atoms with Crippen molar-refractivity contribution in [2.75, 3.05) is 26.0 Å². The summed E-state index contributed by atoms with van der Waals surface area (Å²) in [5.41, 5.74) is 1.47. The van der Waals surface area contributed by atoms with Crippen molar-refractivity contribution in [3.05, 3.63) is 42.2 Å². The largest absolute Gasteiger partial charge is 0.466 e. The molecule has 3 rings (SSSR count). The van der Waals surface area contributed by atoms with E-state index in [-0.39, 0.29) is 17.8 Å². The quantitative estimate of drug-likeness (QED) is 0.595. The van der Waals surface area contributed by atoms with E-state index in [4.69, 9.17) is 4.74 Å². The Hall–Kier alpha value is -2.28. The minimum Gasteiger partial charge on any atom is -0.466 e. The van der Waals surface area contributed by atoms with Crippen LogP contribution in [-0.4, -0.2) is 52.3 Å². The van der Waals surface area contributed by atoms with Crippen molar-refractivity contribution >= 4 is 23.6 Å². The van der Waals surface area contributed by atoms with Gasteiger partial charge in [0.1, 0.15) is 5.69 Å². The standard InChI is InChI=1S/C19H23N3O3S/c1-3-25-18(24)14-9-11-21(12-10-14)17(23)16-13-20-19(26-2)22(16)15-7-5-4-6-8-15/h4-8,13-14H,3,9-12H2,1-2H3. The number of thioether (sulfide) groups is 1. The summed E-state index contributed by atoms with van der Waals surface area (Å²) in [7, 11) is 0. The lowest BCUT2D eigenvalue weighted by atomic mass is 9.97. The lowest BCUT2D eigenvalue weighted by Gasteiger charge is -2.31. The minimum absolute atomic E-state index is 0.0519. The highest BCUT2D eigenvalue weighted by Gasteiger charge is 2.30. The molecule has 0 spiro atoms. The molecule has 1 aliphatic heterocycles. The van der Waals surface area contributed by atoms with Crippen molar-refractivity contribution in [3.63, 3.8) is 0 Å². The number of aromatic nitrogens is 2. The fourth-order valence-electron chi connectivity index (χ4n) is 3.20. The third-order valence-corrected chi connectivity index (χ3v) is 5.20. The molecule has 1 fully saturated rings. The molecule has 26 heavy (non-hydrogen) atoms. The van der Waals surface area contributed by atoms with Crippen molar-refractivity contribution in [3.8, 4) is 5.69 Å². The van der Waals surface area contributed by atoms with Crippen molar-refractivity contribution in [2.24, 2.45) is 5.92 Å². The molecule has 0 unspecified atom stereocenters. The smallest absolute Gasteiger partial charge is 0.309 e. The van der Waals surface area contributed by atoms with Crippen LogP contribution in [0.3, 0.4) is 0 Å². The van der Waals surface area contributed by atoms with Crippen molar-refractivity contribution in [1.82, 2.24) is 14.5 Å². The maximum atomic E-state index is 13.1. The molecule has 2 aromatic rings. The van der Waals surface area contributed by atoms with Gasteiger partial charge in [0.05, 0.1) is 18.7 Å². The Morgan fingerprint density at radius 1 is 1.23 bits per heavy atom. The van der Waals surface area contributed by atoms with Gasteiger partial charge in [0, 0.05) is 18.8 Å². The molecule has 0 bridgehead atoms. The number of carbonyl (C=O) groups excluding carboxylic acids is 2. The molecule has 0 atom stereocenters. The van der Waals surface area contributed by atoms with Crippen LogP contribution >= 0.6 is 11.8 Å². The van der Waals surface area contributed by atoms with Crippen LogP contribution in [0.2, 0.25) is 0 Å². The number of nitrogens with zero attached hydrogens (tertiary/aromatic N) is 3. The number of imidazole rings is 1. The van der Waals surface area contributed by atoms with E-state index in [1.807, 2.05) is 48.1 Å². The number of likely N-dealkylation sites (tertiary alicyclic amines) is 1. The van der Waals surface area contributed by atoms with Gasteiger partial charge in [-0.1, -0.05) is 30.0 Å². The van der Waals surface area contributed by atoms with Crippen molar-refractivity contribution in [2.45, 2.75) is 24.9 Å². The molecular weight excluding hydrogens is 350 g/mol. The first kappa shape index (κ1) is 18.5.